The van der Waals surface area contributed by atoms with Crippen molar-refractivity contribution >= 4 is 38.9 Å². The molecule has 2 aliphatic rings. The monoisotopic (exact) mass is 431 g/mol. The number of piperidine rings is 1. The van der Waals surface area contributed by atoms with E-state index in [4.69, 9.17) is 0 Å². The summed E-state index contributed by atoms with van der Waals surface area (Å²) in [7, 11) is -3.52. The van der Waals surface area contributed by atoms with Crippen LogP contribution in [0.3, 0.4) is 0 Å². The number of sulfonamides is 1. The van der Waals surface area contributed by atoms with Crippen LogP contribution in [0.1, 0.15) is 28.8 Å². The SMILES string of the molecule is C=C1c2ccccc2C(=O)N1CC(=O)N1CCC(NS(=O)(=O)c2cccs2)CC1. The average molecular weight is 432 g/mol. The number of likely N-dealkylation sites (tertiary alicyclic amines) is 1. The molecule has 152 valence electrons. The minimum absolute atomic E-state index is 0.0576. The van der Waals surface area contributed by atoms with Crippen LogP contribution in [0.5, 0.6) is 0 Å². The molecule has 0 aliphatic carbocycles. The topological polar surface area (TPSA) is 86.8 Å². The van der Waals surface area contributed by atoms with Gasteiger partial charge in [0.2, 0.25) is 15.9 Å². The zero-order valence-corrected chi connectivity index (χ0v) is 17.3. The van der Waals surface area contributed by atoms with Gasteiger partial charge in [0.1, 0.15) is 10.8 Å². The van der Waals surface area contributed by atoms with Crippen molar-refractivity contribution in [1.82, 2.24) is 14.5 Å². The Morgan fingerprint density at radius 2 is 1.83 bits per heavy atom. The molecule has 1 saturated heterocycles. The summed E-state index contributed by atoms with van der Waals surface area (Å²) >= 11 is 1.18. The van der Waals surface area contributed by atoms with Gasteiger partial charge in [0.25, 0.3) is 5.91 Å². The Hall–Kier alpha value is -2.49. The van der Waals surface area contributed by atoms with Gasteiger partial charge in [-0.2, -0.15) is 0 Å². The van der Waals surface area contributed by atoms with Gasteiger partial charge in [-0.1, -0.05) is 30.8 Å². The Balaban J connectivity index is 1.33. The van der Waals surface area contributed by atoms with E-state index in [1.54, 1.807) is 34.5 Å². The van der Waals surface area contributed by atoms with Crippen molar-refractivity contribution in [3.8, 4) is 0 Å². The number of benzene rings is 1. The fraction of sp³-hybridized carbons (Fsp3) is 0.300. The summed E-state index contributed by atoms with van der Waals surface area (Å²) < 4.78 is 27.7. The van der Waals surface area contributed by atoms with Crippen LogP contribution in [0.2, 0.25) is 0 Å². The highest BCUT2D eigenvalue weighted by atomic mass is 32.2. The highest BCUT2D eigenvalue weighted by Crippen LogP contribution is 2.31. The minimum Gasteiger partial charge on any atom is -0.341 e. The van der Waals surface area contributed by atoms with E-state index >= 15 is 0 Å². The van der Waals surface area contributed by atoms with Gasteiger partial charge < -0.3 is 4.90 Å². The third kappa shape index (κ3) is 3.85. The number of nitrogens with one attached hydrogen (secondary N) is 1. The fourth-order valence-electron chi connectivity index (χ4n) is 3.68. The van der Waals surface area contributed by atoms with Crippen LogP contribution in [0, 0.1) is 0 Å². The first-order valence-electron chi connectivity index (χ1n) is 9.30. The maximum atomic E-state index is 12.7. The molecule has 1 aromatic carbocycles. The standard InChI is InChI=1S/C20H21N3O4S2/c1-14-16-5-2-3-6-17(16)20(25)23(14)13-18(24)22-10-8-15(9-11-22)21-29(26,27)19-7-4-12-28-19/h2-7,12,15,21H,1,8-11,13H2. The molecule has 0 bridgehead atoms. The zero-order chi connectivity index (χ0) is 20.6. The van der Waals surface area contributed by atoms with E-state index < -0.39 is 10.0 Å². The summed E-state index contributed by atoms with van der Waals surface area (Å²) in [6.07, 6.45) is 1.07. The lowest BCUT2D eigenvalue weighted by atomic mass is 10.1. The van der Waals surface area contributed by atoms with Crippen molar-refractivity contribution in [3.63, 3.8) is 0 Å². The quantitative estimate of drug-likeness (QED) is 0.786. The molecular weight excluding hydrogens is 410 g/mol. The Morgan fingerprint density at radius 1 is 1.14 bits per heavy atom. The second-order valence-electron chi connectivity index (χ2n) is 7.09. The number of carbonyl (C=O) groups is 2. The lowest BCUT2D eigenvalue weighted by molar-refractivity contribution is -0.132. The van der Waals surface area contributed by atoms with E-state index in [9.17, 15) is 18.0 Å². The second-order valence-corrected chi connectivity index (χ2v) is 9.98. The maximum Gasteiger partial charge on any atom is 0.259 e. The number of rotatable bonds is 5. The lowest BCUT2D eigenvalue weighted by Gasteiger charge is -2.33. The summed E-state index contributed by atoms with van der Waals surface area (Å²) in [5.41, 5.74) is 1.86. The molecule has 3 heterocycles. The normalized spacial score (nSPS) is 17.7. The number of fused-ring (bicyclic) bond motifs is 1. The third-order valence-corrected chi connectivity index (χ3v) is 8.18. The average Bonchev–Trinajstić information content (AvgIpc) is 3.33. The molecule has 4 rings (SSSR count). The number of carbonyl (C=O) groups excluding carboxylic acids is 2. The highest BCUT2D eigenvalue weighted by Gasteiger charge is 2.34. The molecule has 9 heteroatoms. The minimum atomic E-state index is -3.52. The Labute approximate surface area is 173 Å². The summed E-state index contributed by atoms with van der Waals surface area (Å²) in [5.74, 6) is -0.371. The molecule has 0 saturated carbocycles. The first-order valence-corrected chi connectivity index (χ1v) is 11.7. The number of hydrogen-bond donors (Lipinski definition) is 1. The largest absolute Gasteiger partial charge is 0.341 e. The van der Waals surface area contributed by atoms with Gasteiger partial charge in [-0.25, -0.2) is 13.1 Å². The molecule has 0 radical (unpaired) electrons. The lowest BCUT2D eigenvalue weighted by Crippen LogP contribution is -2.48. The van der Waals surface area contributed by atoms with E-state index in [2.05, 4.69) is 11.3 Å². The molecule has 1 fully saturated rings. The van der Waals surface area contributed by atoms with E-state index in [0.29, 0.717) is 41.4 Å². The molecule has 2 aliphatic heterocycles. The van der Waals surface area contributed by atoms with Crippen LogP contribution in [0.4, 0.5) is 0 Å². The van der Waals surface area contributed by atoms with Gasteiger partial charge in [0, 0.05) is 36.0 Å². The predicted octanol–water partition coefficient (Wildman–Crippen LogP) is 2.14. The molecule has 2 aromatic rings. The van der Waals surface area contributed by atoms with Crippen LogP contribution in [0.15, 0.2) is 52.6 Å². The van der Waals surface area contributed by atoms with Crippen molar-refractivity contribution in [3.05, 3.63) is 59.5 Å². The van der Waals surface area contributed by atoms with E-state index in [0.717, 1.165) is 5.56 Å². The first-order chi connectivity index (χ1) is 13.9. The molecule has 2 amide bonds. The Kier molecular flexibility index (Phi) is 5.28. The van der Waals surface area contributed by atoms with E-state index in [1.165, 1.54) is 16.2 Å². The van der Waals surface area contributed by atoms with Gasteiger partial charge in [-0.15, -0.1) is 11.3 Å². The zero-order valence-electron chi connectivity index (χ0n) is 15.7. The molecule has 1 aromatic heterocycles. The van der Waals surface area contributed by atoms with Gasteiger partial charge in [-0.3, -0.25) is 14.5 Å². The molecule has 29 heavy (non-hydrogen) atoms. The van der Waals surface area contributed by atoms with Crippen molar-refractivity contribution in [1.29, 1.82) is 0 Å². The van der Waals surface area contributed by atoms with Crippen LogP contribution < -0.4 is 4.72 Å². The van der Waals surface area contributed by atoms with Crippen molar-refractivity contribution in [2.45, 2.75) is 23.1 Å². The first kappa shape index (κ1) is 19.8. The number of nitrogens with zero attached hydrogens (tertiary/aromatic N) is 2. The van der Waals surface area contributed by atoms with Gasteiger partial charge in [0.05, 0.1) is 0 Å². The fourth-order valence-corrected chi connectivity index (χ4v) is 5.99. The molecule has 7 nitrogen and oxygen atoms in total. The third-order valence-electron chi connectivity index (χ3n) is 5.26. The Morgan fingerprint density at radius 3 is 2.45 bits per heavy atom. The number of thiophene rings is 1. The van der Waals surface area contributed by atoms with Crippen LogP contribution >= 0.6 is 11.3 Å². The Bertz CT molecular complexity index is 1020. The van der Waals surface area contributed by atoms with Gasteiger partial charge >= 0.3 is 0 Å². The van der Waals surface area contributed by atoms with Gasteiger partial charge in [0.15, 0.2) is 0 Å². The molecule has 0 atom stereocenters. The molecule has 1 N–H and O–H groups in total. The van der Waals surface area contributed by atoms with Crippen LogP contribution in [-0.4, -0.2) is 55.7 Å². The van der Waals surface area contributed by atoms with Crippen molar-refractivity contribution in [2.24, 2.45) is 0 Å². The summed E-state index contributed by atoms with van der Waals surface area (Å²) in [4.78, 5) is 28.4. The van der Waals surface area contributed by atoms with Crippen LogP contribution in [-0.2, 0) is 14.8 Å². The van der Waals surface area contributed by atoms with Crippen molar-refractivity contribution in [2.75, 3.05) is 19.6 Å². The molecular formula is C20H21N3O4S2. The predicted molar refractivity (Wildman–Crippen MR) is 111 cm³/mol. The number of hydrogen-bond acceptors (Lipinski definition) is 5. The summed E-state index contributed by atoms with van der Waals surface area (Å²) in [6, 6.07) is 10.3. The highest BCUT2D eigenvalue weighted by molar-refractivity contribution is 7.91. The van der Waals surface area contributed by atoms with E-state index in [-0.39, 0.29) is 24.4 Å². The maximum absolute atomic E-state index is 12.7. The van der Waals surface area contributed by atoms with Gasteiger partial charge in [-0.05, 0) is 30.4 Å². The second kappa shape index (κ2) is 7.74. The van der Waals surface area contributed by atoms with E-state index in [1.807, 2.05) is 12.1 Å². The molecule has 0 spiro atoms. The molecule has 0 unspecified atom stereocenters. The van der Waals surface area contributed by atoms with Crippen LogP contribution in [0.25, 0.3) is 5.70 Å². The summed E-state index contributed by atoms with van der Waals surface area (Å²) in [6.45, 7) is 4.79. The number of amides is 2. The smallest absolute Gasteiger partial charge is 0.259 e. The summed E-state index contributed by atoms with van der Waals surface area (Å²) in [5, 5.41) is 1.72. The van der Waals surface area contributed by atoms with Crippen molar-refractivity contribution < 1.29 is 18.0 Å².